The summed E-state index contributed by atoms with van der Waals surface area (Å²) in [7, 11) is 2.26. The second-order valence-electron chi connectivity index (χ2n) is 10.1. The van der Waals surface area contributed by atoms with E-state index >= 15 is 0 Å². The number of carbonyl (C=O) groups excluding carboxylic acids is 2. The molecule has 0 radical (unpaired) electrons. The molecule has 1 aliphatic heterocycles. The van der Waals surface area contributed by atoms with Gasteiger partial charge in [0.15, 0.2) is 0 Å². The van der Waals surface area contributed by atoms with E-state index in [-0.39, 0.29) is 23.4 Å². The number of benzene rings is 2. The summed E-state index contributed by atoms with van der Waals surface area (Å²) in [4.78, 5) is 25.5. The Bertz CT molecular complexity index is 1010. The first kappa shape index (κ1) is 36.7. The lowest BCUT2D eigenvalue weighted by molar-refractivity contribution is -0.119. The van der Waals surface area contributed by atoms with E-state index in [1.165, 1.54) is 12.8 Å². The van der Waals surface area contributed by atoms with Crippen molar-refractivity contribution >= 4 is 44.0 Å². The fraction of sp³-hybridized carbons (Fsp3) is 0.562. The molecule has 4 rings (SSSR count). The van der Waals surface area contributed by atoms with Crippen LogP contribution >= 0.6 is 32.4 Å². The molecule has 0 spiro atoms. The van der Waals surface area contributed by atoms with Crippen LogP contribution in [0, 0.1) is 5.92 Å². The monoisotopic (exact) mass is 612 g/mol. The Labute approximate surface area is 254 Å². The average molecular weight is 614 g/mol. The minimum absolute atomic E-state index is 0.0500. The number of halogens is 3. The van der Waals surface area contributed by atoms with Crippen molar-refractivity contribution in [1.29, 1.82) is 0 Å². The van der Waals surface area contributed by atoms with Crippen LogP contribution in [-0.2, 0) is 9.59 Å². The molecule has 2 aromatic carbocycles. The number of rotatable bonds is 10. The van der Waals surface area contributed by atoms with Gasteiger partial charge in [-0.1, -0.05) is 84.4 Å². The third-order valence-corrected chi connectivity index (χ3v) is 7.75. The Morgan fingerprint density at radius 2 is 1.38 bits per heavy atom. The van der Waals surface area contributed by atoms with Crippen LogP contribution in [0.4, 0.5) is 4.39 Å². The van der Waals surface area contributed by atoms with Crippen LogP contribution in [0.3, 0.4) is 0 Å². The van der Waals surface area contributed by atoms with Crippen LogP contribution < -0.4 is 5.32 Å². The molecule has 2 aliphatic rings. The Balaban J connectivity index is 0.000000358. The largest absolute Gasteiger partial charge is 0.315 e. The Kier molecular flexibility index (Phi) is 17.4. The number of alkyl halides is 1. The number of Topliss-reactive ketones (excluding diaryl/α,β-unsaturated/α-hetero) is 2. The van der Waals surface area contributed by atoms with Gasteiger partial charge in [-0.2, -0.15) is 0 Å². The van der Waals surface area contributed by atoms with Crippen LogP contribution in [-0.4, -0.2) is 54.6 Å². The van der Waals surface area contributed by atoms with E-state index in [9.17, 15) is 14.0 Å². The Morgan fingerprint density at radius 3 is 1.75 bits per heavy atom. The highest BCUT2D eigenvalue weighted by atomic mass is 35.5. The molecule has 0 aromatic heterocycles. The first-order valence-electron chi connectivity index (χ1n) is 14.5. The van der Waals surface area contributed by atoms with Gasteiger partial charge in [-0.25, -0.2) is 4.39 Å². The molecule has 4 nitrogen and oxygen atoms in total. The summed E-state index contributed by atoms with van der Waals surface area (Å²) >= 11 is 11.7. The highest BCUT2D eigenvalue weighted by Crippen LogP contribution is 2.33. The van der Waals surface area contributed by atoms with Crippen LogP contribution in [0.25, 0.3) is 0 Å². The molecule has 0 bridgehead atoms. The number of nitrogens with zero attached hydrogens (tertiary/aromatic N) is 1. The third kappa shape index (κ3) is 13.5. The number of hydrogen-bond acceptors (Lipinski definition) is 4. The van der Waals surface area contributed by atoms with Gasteiger partial charge in [0.05, 0.1) is 11.8 Å². The molecule has 1 saturated carbocycles. The number of hydrogen-bond donors (Lipinski definition) is 1. The lowest BCUT2D eigenvalue weighted by Gasteiger charge is -2.22. The van der Waals surface area contributed by atoms with Crippen LogP contribution in [0.1, 0.15) is 83.8 Å². The van der Waals surface area contributed by atoms with Crippen LogP contribution in [0.15, 0.2) is 48.5 Å². The third-order valence-electron chi connectivity index (χ3n) is 6.78. The average Bonchev–Trinajstić information content (AvgIpc) is 3.70. The fourth-order valence-corrected chi connectivity index (χ4v) is 5.04. The van der Waals surface area contributed by atoms with Crippen molar-refractivity contribution < 1.29 is 14.0 Å². The lowest BCUT2D eigenvalue weighted by atomic mass is 9.95. The van der Waals surface area contributed by atoms with Crippen molar-refractivity contribution in [3.63, 3.8) is 0 Å². The summed E-state index contributed by atoms with van der Waals surface area (Å²) in [6.45, 7) is 14.6. The molecular weight excluding hydrogens is 565 g/mol. The van der Waals surface area contributed by atoms with Gasteiger partial charge in [0.2, 0.25) is 0 Å². The number of likely N-dealkylation sites (tertiary alicyclic amines) is 1. The Morgan fingerprint density at radius 1 is 0.925 bits per heavy atom. The predicted molar refractivity (Wildman–Crippen MR) is 173 cm³/mol. The second-order valence-corrected chi connectivity index (χ2v) is 12.0. The van der Waals surface area contributed by atoms with Gasteiger partial charge in [-0.3, -0.25) is 14.5 Å². The van der Waals surface area contributed by atoms with Crippen LogP contribution in [0.2, 0.25) is 10.0 Å². The minimum Gasteiger partial charge on any atom is -0.315 e. The van der Waals surface area contributed by atoms with Crippen molar-refractivity contribution in [2.75, 3.05) is 32.7 Å². The molecule has 2 aromatic rings. The van der Waals surface area contributed by atoms with Crippen molar-refractivity contribution in [3.05, 3.63) is 69.7 Å². The van der Waals surface area contributed by atoms with Crippen molar-refractivity contribution in [2.24, 2.45) is 5.92 Å². The molecule has 8 heteroatoms. The van der Waals surface area contributed by atoms with E-state index in [0.29, 0.717) is 36.1 Å². The molecule has 4 atom stereocenters. The van der Waals surface area contributed by atoms with Gasteiger partial charge < -0.3 is 5.32 Å². The lowest BCUT2D eigenvalue weighted by Crippen LogP contribution is -2.31. The van der Waals surface area contributed by atoms with E-state index in [2.05, 4.69) is 14.6 Å². The van der Waals surface area contributed by atoms with Gasteiger partial charge in [0.25, 0.3) is 0 Å². The van der Waals surface area contributed by atoms with Gasteiger partial charge in [-0.15, -0.1) is 0 Å². The maximum Gasteiger partial charge on any atom is 0.138 e. The fourth-order valence-electron chi connectivity index (χ4n) is 4.40. The van der Waals surface area contributed by atoms with Crippen molar-refractivity contribution in [1.82, 2.24) is 10.2 Å². The zero-order valence-corrected chi connectivity index (χ0v) is 27.6. The summed E-state index contributed by atoms with van der Waals surface area (Å²) in [5.41, 5.74) is 1.99. The maximum atomic E-state index is 13.8. The maximum absolute atomic E-state index is 13.8. The molecule has 2 fully saturated rings. The molecule has 1 aliphatic carbocycles. The molecule has 224 valence electrons. The SMILES string of the molecule is CC.CC.CC(=O)C(CN1CCC(F)(P)C1)c1ccc(Cl)cc1.CC(=O)C(CNCC1CC1)c1ccc(Cl)cc1. The minimum atomic E-state index is -1.21. The topological polar surface area (TPSA) is 49.4 Å². The Hall–Kier alpha value is -1.36. The van der Waals surface area contributed by atoms with Gasteiger partial charge in [0, 0.05) is 36.2 Å². The summed E-state index contributed by atoms with van der Waals surface area (Å²) < 4.78 is 13.8. The summed E-state index contributed by atoms with van der Waals surface area (Å²) in [5.74, 6) is 0.882. The van der Waals surface area contributed by atoms with Crippen molar-refractivity contribution in [2.45, 2.75) is 78.1 Å². The van der Waals surface area contributed by atoms with Gasteiger partial charge >= 0.3 is 0 Å². The smallest absolute Gasteiger partial charge is 0.138 e. The van der Waals surface area contributed by atoms with Gasteiger partial charge in [0.1, 0.15) is 17.0 Å². The van der Waals surface area contributed by atoms with E-state index in [4.69, 9.17) is 23.2 Å². The summed E-state index contributed by atoms with van der Waals surface area (Å²) in [6, 6.07) is 14.9. The number of carbonyl (C=O) groups is 2. The number of ketones is 2. The zero-order valence-electron chi connectivity index (χ0n) is 25.0. The molecule has 0 amide bonds. The first-order valence-corrected chi connectivity index (χ1v) is 15.8. The highest BCUT2D eigenvalue weighted by molar-refractivity contribution is 7.18. The standard InChI is InChI=1S/C14H18ClFNOP.C14H18ClNO.2C2H6/c1-10(18)13(11-2-4-12(15)5-3-11)8-17-7-6-14(16,19)9-17;1-10(17)14(9-16-8-11-2-3-11)12-4-6-13(15)7-5-12;2*1-2/h2-5,13H,6-9,19H2,1H3;4-7,11,14,16H,2-3,8-9H2,1H3;2*1-2H3. The number of nitrogens with one attached hydrogen (secondary N) is 1. The molecular formula is C32H48Cl2FN2O2P. The van der Waals surface area contributed by atoms with Crippen molar-refractivity contribution in [3.8, 4) is 0 Å². The second kappa shape index (κ2) is 18.9. The first-order chi connectivity index (χ1) is 19.0. The van der Waals surface area contributed by atoms with E-state index in [1.807, 2.05) is 69.0 Å². The van der Waals surface area contributed by atoms with E-state index in [0.717, 1.165) is 30.1 Å². The normalized spacial score (nSPS) is 19.6. The van der Waals surface area contributed by atoms with E-state index in [1.54, 1.807) is 26.0 Å². The van der Waals surface area contributed by atoms with Crippen LogP contribution in [0.5, 0.6) is 0 Å². The quantitative estimate of drug-likeness (QED) is 0.274. The molecule has 4 unspecified atom stereocenters. The van der Waals surface area contributed by atoms with Gasteiger partial charge in [-0.05, 0) is 81.0 Å². The molecule has 1 N–H and O–H groups in total. The summed E-state index contributed by atoms with van der Waals surface area (Å²) in [5, 5.41) is 3.54. The summed E-state index contributed by atoms with van der Waals surface area (Å²) in [6.07, 6.45) is 3.17. The molecule has 1 heterocycles. The molecule has 40 heavy (non-hydrogen) atoms. The zero-order chi connectivity index (χ0) is 30.3. The molecule has 1 saturated heterocycles. The van der Waals surface area contributed by atoms with E-state index < -0.39 is 5.41 Å². The predicted octanol–water partition coefficient (Wildman–Crippen LogP) is 8.32. The highest BCUT2D eigenvalue weighted by Gasteiger charge is 2.35.